The van der Waals surface area contributed by atoms with Gasteiger partial charge < -0.3 is 15.2 Å². The summed E-state index contributed by atoms with van der Waals surface area (Å²) in [6.07, 6.45) is 8.00. The smallest absolute Gasteiger partial charge is 0.307 e. The van der Waals surface area contributed by atoms with Crippen molar-refractivity contribution in [2.75, 3.05) is 20.3 Å². The first-order valence-corrected chi connectivity index (χ1v) is 7.74. The van der Waals surface area contributed by atoms with Crippen molar-refractivity contribution >= 4 is 11.9 Å². The number of carbonyl (C=O) groups is 2. The molecular formula is C16H23NO4. The molecule has 1 amide bonds. The summed E-state index contributed by atoms with van der Waals surface area (Å²) < 4.78 is 5.11. The van der Waals surface area contributed by atoms with Crippen LogP contribution >= 0.6 is 0 Å². The number of fused-ring (bicyclic) bond motifs is 2. The third-order valence-electron chi connectivity index (χ3n) is 5.48. The van der Waals surface area contributed by atoms with Crippen molar-refractivity contribution in [3.05, 3.63) is 12.2 Å². The zero-order valence-corrected chi connectivity index (χ0v) is 12.4. The number of hydrogen-bond donors (Lipinski definition) is 2. The van der Waals surface area contributed by atoms with Crippen molar-refractivity contribution in [3.8, 4) is 0 Å². The lowest BCUT2D eigenvalue weighted by atomic mass is 9.82. The van der Waals surface area contributed by atoms with Crippen LogP contribution in [0.1, 0.15) is 25.7 Å². The van der Waals surface area contributed by atoms with E-state index in [1.165, 1.54) is 0 Å². The Morgan fingerprint density at radius 3 is 2.52 bits per heavy atom. The van der Waals surface area contributed by atoms with Crippen molar-refractivity contribution in [2.45, 2.75) is 25.7 Å². The van der Waals surface area contributed by atoms with Gasteiger partial charge in [0.25, 0.3) is 0 Å². The maximum atomic E-state index is 12.5. The number of rotatable bonds is 7. The van der Waals surface area contributed by atoms with Gasteiger partial charge >= 0.3 is 5.97 Å². The minimum Gasteiger partial charge on any atom is -0.481 e. The fourth-order valence-corrected chi connectivity index (χ4v) is 3.92. The normalized spacial score (nSPS) is 34.9. The molecule has 0 heterocycles. The van der Waals surface area contributed by atoms with Crippen LogP contribution in [0.3, 0.4) is 0 Å². The van der Waals surface area contributed by atoms with Crippen molar-refractivity contribution in [2.24, 2.45) is 29.1 Å². The minimum absolute atomic E-state index is 0.0339. The molecule has 5 nitrogen and oxygen atoms in total. The third kappa shape index (κ3) is 2.71. The van der Waals surface area contributed by atoms with Crippen LogP contribution in [-0.4, -0.2) is 37.2 Å². The summed E-state index contributed by atoms with van der Waals surface area (Å²) >= 11 is 0. The molecule has 2 saturated carbocycles. The molecule has 2 N–H and O–H groups in total. The van der Waals surface area contributed by atoms with Gasteiger partial charge in [-0.2, -0.15) is 0 Å². The van der Waals surface area contributed by atoms with E-state index in [0.717, 1.165) is 25.7 Å². The molecule has 0 saturated heterocycles. The second kappa shape index (κ2) is 5.44. The average Bonchev–Trinajstić information content (AvgIpc) is 2.93. The molecule has 0 spiro atoms. The van der Waals surface area contributed by atoms with E-state index in [1.807, 2.05) is 12.2 Å². The first-order chi connectivity index (χ1) is 10.1. The van der Waals surface area contributed by atoms with Crippen molar-refractivity contribution < 1.29 is 19.4 Å². The Balaban J connectivity index is 1.58. The molecular weight excluding hydrogens is 270 g/mol. The predicted molar refractivity (Wildman–Crippen MR) is 76.5 cm³/mol. The molecule has 3 rings (SSSR count). The van der Waals surface area contributed by atoms with E-state index in [9.17, 15) is 14.7 Å². The maximum absolute atomic E-state index is 12.5. The molecule has 2 bridgehead atoms. The zero-order chi connectivity index (χ0) is 15.0. The molecule has 5 heteroatoms. The van der Waals surface area contributed by atoms with Gasteiger partial charge in [-0.05, 0) is 42.9 Å². The quantitative estimate of drug-likeness (QED) is 0.697. The number of ether oxygens (including phenoxy) is 1. The SMILES string of the molecule is COCCC1(CNC(=O)C2C3C=CC(C3)C2C(=O)O)CC1. The van der Waals surface area contributed by atoms with Crippen LogP contribution in [0, 0.1) is 29.1 Å². The highest BCUT2D eigenvalue weighted by atomic mass is 16.5. The van der Waals surface area contributed by atoms with Crippen molar-refractivity contribution in [1.29, 1.82) is 0 Å². The van der Waals surface area contributed by atoms with E-state index in [1.54, 1.807) is 7.11 Å². The number of carboxylic acids is 1. The summed E-state index contributed by atoms with van der Waals surface area (Å²) in [5.74, 6) is -1.72. The third-order valence-corrected chi connectivity index (χ3v) is 5.48. The Morgan fingerprint density at radius 2 is 1.95 bits per heavy atom. The lowest BCUT2D eigenvalue weighted by Crippen LogP contribution is -2.42. The van der Waals surface area contributed by atoms with Crippen LogP contribution in [0.15, 0.2) is 12.2 Å². The van der Waals surface area contributed by atoms with Crippen molar-refractivity contribution in [3.63, 3.8) is 0 Å². The number of nitrogens with one attached hydrogen (secondary N) is 1. The number of carbonyl (C=O) groups excluding carboxylic acids is 1. The number of carboxylic acid groups (broad SMARTS) is 1. The number of amides is 1. The molecule has 3 aliphatic carbocycles. The maximum Gasteiger partial charge on any atom is 0.307 e. The summed E-state index contributed by atoms with van der Waals surface area (Å²) in [7, 11) is 1.69. The monoisotopic (exact) mass is 293 g/mol. The molecule has 4 unspecified atom stereocenters. The second-order valence-corrected chi connectivity index (χ2v) is 6.80. The number of hydrogen-bond acceptors (Lipinski definition) is 3. The summed E-state index contributed by atoms with van der Waals surface area (Å²) in [5.41, 5.74) is 0.192. The zero-order valence-electron chi connectivity index (χ0n) is 12.4. The molecule has 0 aromatic rings. The Hall–Kier alpha value is -1.36. The van der Waals surface area contributed by atoms with Crippen LogP contribution < -0.4 is 5.32 Å². The summed E-state index contributed by atoms with van der Waals surface area (Å²) in [6.45, 7) is 1.36. The van der Waals surface area contributed by atoms with E-state index in [4.69, 9.17) is 4.74 Å². The minimum atomic E-state index is -0.840. The van der Waals surface area contributed by atoms with Crippen LogP contribution in [0.5, 0.6) is 0 Å². The van der Waals surface area contributed by atoms with Gasteiger partial charge in [0.05, 0.1) is 11.8 Å². The van der Waals surface area contributed by atoms with Gasteiger partial charge in [0.15, 0.2) is 0 Å². The predicted octanol–water partition coefficient (Wildman–Crippen LogP) is 1.44. The van der Waals surface area contributed by atoms with Crippen LogP contribution in [0.2, 0.25) is 0 Å². The Bertz CT molecular complexity index is 469. The highest BCUT2D eigenvalue weighted by Crippen LogP contribution is 2.50. The average molecular weight is 293 g/mol. The van der Waals surface area contributed by atoms with Gasteiger partial charge in [-0.15, -0.1) is 0 Å². The molecule has 2 fully saturated rings. The Labute approximate surface area is 124 Å². The van der Waals surface area contributed by atoms with E-state index < -0.39 is 17.8 Å². The first-order valence-electron chi connectivity index (χ1n) is 7.74. The standard InChI is InChI=1S/C16H23NO4/c1-21-7-6-16(4-5-16)9-17-14(18)12-10-2-3-11(8-10)13(12)15(19)20/h2-3,10-13H,4-9H2,1H3,(H,17,18)(H,19,20). The van der Waals surface area contributed by atoms with Gasteiger partial charge in [-0.1, -0.05) is 12.2 Å². The fraction of sp³-hybridized carbons (Fsp3) is 0.750. The molecule has 21 heavy (non-hydrogen) atoms. The van der Waals surface area contributed by atoms with Crippen LogP contribution in [-0.2, 0) is 14.3 Å². The van der Waals surface area contributed by atoms with E-state index in [0.29, 0.717) is 13.2 Å². The lowest BCUT2D eigenvalue weighted by Gasteiger charge is -2.25. The summed E-state index contributed by atoms with van der Waals surface area (Å²) in [4.78, 5) is 23.9. The van der Waals surface area contributed by atoms with Gasteiger partial charge in [0.1, 0.15) is 0 Å². The Morgan fingerprint density at radius 1 is 1.29 bits per heavy atom. The fourth-order valence-electron chi connectivity index (χ4n) is 3.92. The second-order valence-electron chi connectivity index (χ2n) is 6.80. The van der Waals surface area contributed by atoms with Gasteiger partial charge in [0, 0.05) is 20.3 Å². The summed E-state index contributed by atoms with van der Waals surface area (Å²) in [6, 6.07) is 0. The molecule has 3 aliphatic rings. The van der Waals surface area contributed by atoms with E-state index >= 15 is 0 Å². The highest BCUT2D eigenvalue weighted by Gasteiger charge is 2.52. The van der Waals surface area contributed by atoms with E-state index in [2.05, 4.69) is 5.32 Å². The molecule has 0 aromatic heterocycles. The molecule has 0 aliphatic heterocycles. The molecule has 4 atom stereocenters. The van der Waals surface area contributed by atoms with Crippen molar-refractivity contribution in [1.82, 2.24) is 5.32 Å². The lowest BCUT2D eigenvalue weighted by molar-refractivity contribution is -0.147. The van der Waals surface area contributed by atoms with Gasteiger partial charge in [-0.25, -0.2) is 0 Å². The highest BCUT2D eigenvalue weighted by molar-refractivity contribution is 5.86. The van der Waals surface area contributed by atoms with Gasteiger partial charge in [-0.3, -0.25) is 9.59 Å². The van der Waals surface area contributed by atoms with E-state index in [-0.39, 0.29) is 23.2 Å². The topological polar surface area (TPSA) is 75.6 Å². The number of aliphatic carboxylic acids is 1. The van der Waals surface area contributed by atoms with Crippen LogP contribution in [0.4, 0.5) is 0 Å². The number of methoxy groups -OCH3 is 1. The molecule has 0 radical (unpaired) electrons. The first kappa shape index (κ1) is 14.6. The Kier molecular flexibility index (Phi) is 3.78. The molecule has 0 aromatic carbocycles. The summed E-state index contributed by atoms with van der Waals surface area (Å²) in [5, 5.41) is 12.4. The molecule has 116 valence electrons. The number of allylic oxidation sites excluding steroid dienone is 2. The van der Waals surface area contributed by atoms with Crippen LogP contribution in [0.25, 0.3) is 0 Å². The largest absolute Gasteiger partial charge is 0.481 e. The van der Waals surface area contributed by atoms with Gasteiger partial charge in [0.2, 0.25) is 5.91 Å².